The highest BCUT2D eigenvalue weighted by atomic mass is 35.5. The van der Waals surface area contributed by atoms with Gasteiger partial charge >= 0.3 is 5.97 Å². The monoisotopic (exact) mass is 216 g/mol. The van der Waals surface area contributed by atoms with Gasteiger partial charge in [0.25, 0.3) is 0 Å². The van der Waals surface area contributed by atoms with Crippen molar-refractivity contribution in [1.29, 1.82) is 0 Å². The number of carboxylic acid groups (broad SMARTS) is 1. The minimum atomic E-state index is -1.07. The average molecular weight is 217 g/mol. The molecule has 0 saturated carbocycles. The Labute approximate surface area is 85.7 Å². The lowest BCUT2D eigenvalue weighted by atomic mass is 10.4. The third-order valence-corrected chi connectivity index (χ3v) is 1.87. The molecule has 0 amide bonds. The third kappa shape index (κ3) is 2.56. The molecule has 1 aromatic rings. The Morgan fingerprint density at radius 2 is 2.14 bits per heavy atom. The SMILES string of the molecule is Cc1nc(C)c(Cl)c(OCC(=O)O)n1. The maximum atomic E-state index is 10.2. The summed E-state index contributed by atoms with van der Waals surface area (Å²) in [5.41, 5.74) is 0.569. The van der Waals surface area contributed by atoms with Crippen LogP contribution in [0.4, 0.5) is 0 Å². The van der Waals surface area contributed by atoms with E-state index in [2.05, 4.69) is 9.97 Å². The lowest BCUT2D eigenvalue weighted by Gasteiger charge is -2.06. The fraction of sp³-hybridized carbons (Fsp3) is 0.375. The van der Waals surface area contributed by atoms with Crippen LogP contribution in [0.25, 0.3) is 0 Å². The lowest BCUT2D eigenvalue weighted by Crippen LogP contribution is -2.11. The molecule has 1 rings (SSSR count). The van der Waals surface area contributed by atoms with Gasteiger partial charge in [0.2, 0.25) is 5.88 Å². The van der Waals surface area contributed by atoms with Crippen molar-refractivity contribution in [3.05, 3.63) is 16.5 Å². The van der Waals surface area contributed by atoms with Crippen molar-refractivity contribution in [2.24, 2.45) is 0 Å². The normalized spacial score (nSPS) is 9.93. The highest BCUT2D eigenvalue weighted by Gasteiger charge is 2.10. The van der Waals surface area contributed by atoms with Crippen molar-refractivity contribution in [1.82, 2.24) is 9.97 Å². The number of ether oxygens (including phenoxy) is 1. The molecule has 0 fully saturated rings. The quantitative estimate of drug-likeness (QED) is 0.822. The molecular formula is C8H9ClN2O3. The summed E-state index contributed by atoms with van der Waals surface area (Å²) in [7, 11) is 0. The van der Waals surface area contributed by atoms with Crippen molar-refractivity contribution in [2.75, 3.05) is 6.61 Å². The summed E-state index contributed by atoms with van der Waals surface area (Å²) in [4.78, 5) is 18.1. The number of aliphatic carboxylic acids is 1. The van der Waals surface area contributed by atoms with Crippen molar-refractivity contribution in [3.63, 3.8) is 0 Å². The minimum Gasteiger partial charge on any atom is -0.479 e. The van der Waals surface area contributed by atoms with E-state index in [-0.39, 0.29) is 10.9 Å². The van der Waals surface area contributed by atoms with Crippen LogP contribution in [0.2, 0.25) is 5.02 Å². The van der Waals surface area contributed by atoms with Crippen LogP contribution in [0.15, 0.2) is 0 Å². The van der Waals surface area contributed by atoms with Crippen LogP contribution >= 0.6 is 11.6 Å². The topological polar surface area (TPSA) is 72.3 Å². The molecule has 0 unspecified atom stereocenters. The second-order valence-corrected chi connectivity index (χ2v) is 3.04. The molecule has 0 atom stereocenters. The van der Waals surface area contributed by atoms with Gasteiger partial charge in [-0.05, 0) is 13.8 Å². The highest BCUT2D eigenvalue weighted by molar-refractivity contribution is 6.32. The number of carbonyl (C=O) groups is 1. The number of nitrogens with zero attached hydrogens (tertiary/aromatic N) is 2. The number of aryl methyl sites for hydroxylation is 2. The predicted molar refractivity (Wildman–Crippen MR) is 49.6 cm³/mol. The minimum absolute atomic E-state index is 0.110. The Morgan fingerprint density at radius 1 is 1.50 bits per heavy atom. The van der Waals surface area contributed by atoms with Crippen LogP contribution in [0, 0.1) is 13.8 Å². The fourth-order valence-corrected chi connectivity index (χ4v) is 1.03. The van der Waals surface area contributed by atoms with E-state index in [1.165, 1.54) is 0 Å². The first kappa shape index (κ1) is 10.7. The van der Waals surface area contributed by atoms with E-state index in [0.29, 0.717) is 11.5 Å². The van der Waals surface area contributed by atoms with Crippen molar-refractivity contribution in [2.45, 2.75) is 13.8 Å². The van der Waals surface area contributed by atoms with Gasteiger partial charge < -0.3 is 9.84 Å². The van der Waals surface area contributed by atoms with Crippen LogP contribution in [-0.2, 0) is 4.79 Å². The molecule has 0 saturated heterocycles. The second kappa shape index (κ2) is 4.23. The molecule has 0 aliphatic heterocycles. The summed E-state index contributed by atoms with van der Waals surface area (Å²) >= 11 is 5.81. The maximum Gasteiger partial charge on any atom is 0.341 e. The van der Waals surface area contributed by atoms with E-state index in [1.54, 1.807) is 13.8 Å². The van der Waals surface area contributed by atoms with Gasteiger partial charge in [-0.25, -0.2) is 9.78 Å². The number of halogens is 1. The predicted octanol–water partition coefficient (Wildman–Crippen LogP) is 1.21. The molecule has 6 heteroatoms. The molecule has 1 heterocycles. The zero-order valence-corrected chi connectivity index (χ0v) is 8.50. The van der Waals surface area contributed by atoms with Gasteiger partial charge in [-0.3, -0.25) is 0 Å². The number of hydrogen-bond acceptors (Lipinski definition) is 4. The van der Waals surface area contributed by atoms with E-state index < -0.39 is 12.6 Å². The molecule has 1 N–H and O–H groups in total. The summed E-state index contributed by atoms with van der Waals surface area (Å²) in [6.07, 6.45) is 0. The van der Waals surface area contributed by atoms with E-state index in [1.807, 2.05) is 0 Å². The van der Waals surface area contributed by atoms with E-state index in [9.17, 15) is 4.79 Å². The molecule has 5 nitrogen and oxygen atoms in total. The molecule has 0 spiro atoms. The summed E-state index contributed by atoms with van der Waals surface area (Å²) < 4.78 is 4.88. The molecule has 0 aliphatic rings. The molecular weight excluding hydrogens is 208 g/mol. The fourth-order valence-electron chi connectivity index (χ4n) is 0.893. The summed E-state index contributed by atoms with van der Waals surface area (Å²) in [6.45, 7) is 2.91. The summed E-state index contributed by atoms with van der Waals surface area (Å²) in [6, 6.07) is 0. The molecule has 14 heavy (non-hydrogen) atoms. The molecule has 76 valence electrons. The zero-order valence-electron chi connectivity index (χ0n) is 7.74. The highest BCUT2D eigenvalue weighted by Crippen LogP contribution is 2.24. The third-order valence-electron chi connectivity index (χ3n) is 1.43. The Kier molecular flexibility index (Phi) is 3.24. The van der Waals surface area contributed by atoms with Crippen LogP contribution in [-0.4, -0.2) is 27.7 Å². The van der Waals surface area contributed by atoms with Crippen molar-refractivity contribution >= 4 is 17.6 Å². The summed E-state index contributed by atoms with van der Waals surface area (Å²) in [5, 5.41) is 8.64. The van der Waals surface area contributed by atoms with Crippen LogP contribution in [0.1, 0.15) is 11.5 Å². The van der Waals surface area contributed by atoms with Gasteiger partial charge in [-0.2, -0.15) is 4.98 Å². The second-order valence-electron chi connectivity index (χ2n) is 2.66. The first-order chi connectivity index (χ1) is 6.50. The molecule has 0 radical (unpaired) electrons. The standard InChI is InChI=1S/C8H9ClN2O3/c1-4-7(9)8(11-5(2)10-4)14-3-6(12)13/h3H2,1-2H3,(H,12,13). The van der Waals surface area contributed by atoms with Gasteiger partial charge in [-0.1, -0.05) is 11.6 Å². The molecule has 0 aromatic carbocycles. The zero-order chi connectivity index (χ0) is 10.7. The van der Waals surface area contributed by atoms with Crippen LogP contribution < -0.4 is 4.74 Å². The first-order valence-corrected chi connectivity index (χ1v) is 4.24. The Morgan fingerprint density at radius 3 is 2.71 bits per heavy atom. The number of aromatic nitrogens is 2. The smallest absolute Gasteiger partial charge is 0.341 e. The number of hydrogen-bond donors (Lipinski definition) is 1. The van der Waals surface area contributed by atoms with Crippen LogP contribution in [0.3, 0.4) is 0 Å². The first-order valence-electron chi connectivity index (χ1n) is 3.86. The average Bonchev–Trinajstić information content (AvgIpc) is 2.08. The Bertz CT molecular complexity index is 368. The maximum absolute atomic E-state index is 10.2. The van der Waals surface area contributed by atoms with Crippen molar-refractivity contribution in [3.8, 4) is 5.88 Å². The molecule has 0 aliphatic carbocycles. The van der Waals surface area contributed by atoms with Crippen molar-refractivity contribution < 1.29 is 14.6 Å². The van der Waals surface area contributed by atoms with Gasteiger partial charge in [0.15, 0.2) is 6.61 Å². The van der Waals surface area contributed by atoms with E-state index in [0.717, 1.165) is 0 Å². The lowest BCUT2D eigenvalue weighted by molar-refractivity contribution is -0.139. The van der Waals surface area contributed by atoms with E-state index >= 15 is 0 Å². The van der Waals surface area contributed by atoms with Gasteiger partial charge in [0, 0.05) is 0 Å². The molecule has 0 bridgehead atoms. The van der Waals surface area contributed by atoms with Gasteiger partial charge in [0.05, 0.1) is 5.69 Å². The Balaban J connectivity index is 2.90. The summed E-state index contributed by atoms with van der Waals surface area (Å²) in [5.74, 6) is -0.471. The largest absolute Gasteiger partial charge is 0.479 e. The van der Waals surface area contributed by atoms with Gasteiger partial charge in [-0.15, -0.1) is 0 Å². The number of rotatable bonds is 3. The van der Waals surface area contributed by atoms with E-state index in [4.69, 9.17) is 21.4 Å². The van der Waals surface area contributed by atoms with Crippen LogP contribution in [0.5, 0.6) is 5.88 Å². The van der Waals surface area contributed by atoms with Gasteiger partial charge in [0.1, 0.15) is 10.8 Å². The molecule has 1 aromatic heterocycles. The number of carboxylic acids is 1. The Hall–Kier alpha value is -1.36.